The summed E-state index contributed by atoms with van der Waals surface area (Å²) in [5, 5.41) is 21.3. The lowest BCUT2D eigenvalue weighted by molar-refractivity contribution is -0.145. The number of halogens is 2. The van der Waals surface area contributed by atoms with Crippen LogP contribution in [0.2, 0.25) is 10.0 Å². The van der Waals surface area contributed by atoms with Crippen molar-refractivity contribution in [1.82, 2.24) is 0 Å². The highest BCUT2D eigenvalue weighted by Gasteiger charge is 2.41. The number of phenols is 1. The maximum Gasteiger partial charge on any atom is 0.307 e. The zero-order valence-electron chi connectivity index (χ0n) is 11.3. The van der Waals surface area contributed by atoms with E-state index in [-0.39, 0.29) is 27.6 Å². The van der Waals surface area contributed by atoms with E-state index in [1.165, 1.54) is 12.1 Å². The zero-order valence-corrected chi connectivity index (χ0v) is 12.8. The number of carbonyl (C=O) groups is 2. The molecule has 21 heavy (non-hydrogen) atoms. The number of aromatic hydroxyl groups is 1. The van der Waals surface area contributed by atoms with Crippen molar-refractivity contribution in [1.29, 1.82) is 0 Å². The Hall–Kier alpha value is -1.46. The van der Waals surface area contributed by atoms with Gasteiger partial charge in [-0.25, -0.2) is 0 Å². The molecular weight excluding hydrogens is 317 g/mol. The molecule has 1 fully saturated rings. The highest BCUT2D eigenvalue weighted by atomic mass is 35.5. The first kappa shape index (κ1) is 15.9. The molecule has 2 rings (SSSR count). The molecule has 0 saturated heterocycles. The topological polar surface area (TPSA) is 86.6 Å². The molecule has 1 saturated carbocycles. The Morgan fingerprint density at radius 2 is 1.71 bits per heavy atom. The average molecular weight is 332 g/mol. The van der Waals surface area contributed by atoms with Crippen LogP contribution in [0, 0.1) is 17.8 Å². The van der Waals surface area contributed by atoms with Crippen LogP contribution in [-0.2, 0) is 9.59 Å². The van der Waals surface area contributed by atoms with Crippen LogP contribution in [0.3, 0.4) is 0 Å². The van der Waals surface area contributed by atoms with Crippen molar-refractivity contribution in [3.8, 4) is 5.75 Å². The molecule has 1 aliphatic rings. The maximum atomic E-state index is 12.3. The van der Waals surface area contributed by atoms with Gasteiger partial charge in [-0.05, 0) is 30.9 Å². The third-order valence-electron chi connectivity index (χ3n) is 3.74. The van der Waals surface area contributed by atoms with Gasteiger partial charge in [-0.15, -0.1) is 0 Å². The molecule has 1 aromatic carbocycles. The van der Waals surface area contributed by atoms with Crippen LogP contribution < -0.4 is 5.32 Å². The molecule has 0 aliphatic heterocycles. The molecule has 0 spiro atoms. The number of phenolic OH excluding ortho intramolecular Hbond substituents is 1. The molecule has 0 heterocycles. The highest BCUT2D eigenvalue weighted by Crippen LogP contribution is 2.38. The summed E-state index contributed by atoms with van der Waals surface area (Å²) in [6.45, 7) is 1.93. The molecule has 1 aliphatic carbocycles. The molecule has 7 heteroatoms. The number of carbonyl (C=O) groups excluding carboxylic acids is 1. The molecular formula is C14H15Cl2NO4. The second-order valence-electron chi connectivity index (χ2n) is 5.41. The summed E-state index contributed by atoms with van der Waals surface area (Å²) < 4.78 is 0. The summed E-state index contributed by atoms with van der Waals surface area (Å²) in [6, 6.07) is 2.74. The average Bonchev–Trinajstić information content (AvgIpc) is 2.78. The Kier molecular flexibility index (Phi) is 4.64. The smallest absolute Gasteiger partial charge is 0.307 e. The molecule has 3 atom stereocenters. The first-order chi connectivity index (χ1) is 9.79. The van der Waals surface area contributed by atoms with Crippen molar-refractivity contribution >= 4 is 40.8 Å². The van der Waals surface area contributed by atoms with Crippen LogP contribution in [0.5, 0.6) is 5.75 Å². The van der Waals surface area contributed by atoms with Crippen LogP contribution in [0.4, 0.5) is 5.69 Å². The monoisotopic (exact) mass is 331 g/mol. The number of hydrogen-bond donors (Lipinski definition) is 3. The molecule has 3 N–H and O–H groups in total. The quantitative estimate of drug-likeness (QED) is 0.741. The molecule has 5 nitrogen and oxygen atoms in total. The van der Waals surface area contributed by atoms with Crippen molar-refractivity contribution in [2.24, 2.45) is 17.8 Å². The fourth-order valence-electron chi connectivity index (χ4n) is 2.73. The zero-order chi connectivity index (χ0) is 15.7. The van der Waals surface area contributed by atoms with E-state index in [1.54, 1.807) is 0 Å². The number of anilines is 1. The summed E-state index contributed by atoms with van der Waals surface area (Å²) in [7, 11) is 0. The third-order valence-corrected chi connectivity index (χ3v) is 4.31. The number of benzene rings is 1. The first-order valence-corrected chi connectivity index (χ1v) is 7.27. The lowest BCUT2D eigenvalue weighted by atomic mass is 9.95. The van der Waals surface area contributed by atoms with E-state index in [2.05, 4.69) is 5.32 Å². The van der Waals surface area contributed by atoms with Gasteiger partial charge in [0.05, 0.1) is 21.9 Å². The van der Waals surface area contributed by atoms with Crippen LogP contribution in [0.15, 0.2) is 12.1 Å². The SMILES string of the molecule is CC1CC(C(=O)O)C(C(=O)Nc2cc(Cl)c(O)c(Cl)c2)C1. The number of nitrogens with one attached hydrogen (secondary N) is 1. The summed E-state index contributed by atoms with van der Waals surface area (Å²) >= 11 is 11.6. The number of carboxylic acids is 1. The predicted molar refractivity (Wildman–Crippen MR) is 79.8 cm³/mol. The Morgan fingerprint density at radius 1 is 1.19 bits per heavy atom. The normalized spacial score (nSPS) is 24.8. The van der Waals surface area contributed by atoms with E-state index in [0.29, 0.717) is 18.5 Å². The summed E-state index contributed by atoms with van der Waals surface area (Å²) in [5.41, 5.74) is 0.330. The van der Waals surface area contributed by atoms with Gasteiger partial charge in [0, 0.05) is 5.69 Å². The van der Waals surface area contributed by atoms with Gasteiger partial charge < -0.3 is 15.5 Å². The van der Waals surface area contributed by atoms with Gasteiger partial charge in [0.2, 0.25) is 5.91 Å². The fourth-order valence-corrected chi connectivity index (χ4v) is 3.21. The van der Waals surface area contributed by atoms with Crippen molar-refractivity contribution in [2.45, 2.75) is 19.8 Å². The van der Waals surface area contributed by atoms with Crippen LogP contribution in [0.1, 0.15) is 19.8 Å². The standard InChI is InChI=1S/C14H15Cl2NO4/c1-6-2-8(9(3-6)14(20)21)13(19)17-7-4-10(15)12(18)11(16)5-7/h4-6,8-9,18H,2-3H2,1H3,(H,17,19)(H,20,21). The van der Waals surface area contributed by atoms with E-state index in [0.717, 1.165) is 0 Å². The lowest BCUT2D eigenvalue weighted by Crippen LogP contribution is -2.30. The minimum absolute atomic E-state index is 0.0207. The van der Waals surface area contributed by atoms with Gasteiger partial charge in [-0.2, -0.15) is 0 Å². The summed E-state index contributed by atoms with van der Waals surface area (Å²) in [5.74, 6) is -2.65. The summed E-state index contributed by atoms with van der Waals surface area (Å²) in [6.07, 6.45) is 1.02. The molecule has 0 aromatic heterocycles. The molecule has 114 valence electrons. The molecule has 0 radical (unpaired) electrons. The number of hydrogen-bond acceptors (Lipinski definition) is 3. The Bertz CT molecular complexity index is 567. The van der Waals surface area contributed by atoms with Crippen molar-refractivity contribution in [3.63, 3.8) is 0 Å². The molecule has 1 aromatic rings. The molecule has 0 bridgehead atoms. The number of amides is 1. The molecule has 1 amide bonds. The first-order valence-electron chi connectivity index (χ1n) is 6.51. The van der Waals surface area contributed by atoms with Gasteiger partial charge in [0.25, 0.3) is 0 Å². The van der Waals surface area contributed by atoms with Gasteiger partial charge in [-0.3, -0.25) is 9.59 Å². The van der Waals surface area contributed by atoms with Crippen LogP contribution in [-0.4, -0.2) is 22.1 Å². The van der Waals surface area contributed by atoms with Gasteiger partial charge >= 0.3 is 5.97 Å². The van der Waals surface area contributed by atoms with E-state index >= 15 is 0 Å². The minimum Gasteiger partial charge on any atom is -0.505 e. The lowest BCUT2D eigenvalue weighted by Gasteiger charge is -2.16. The van der Waals surface area contributed by atoms with Crippen molar-refractivity contribution in [3.05, 3.63) is 22.2 Å². The van der Waals surface area contributed by atoms with E-state index < -0.39 is 17.8 Å². The maximum absolute atomic E-state index is 12.3. The van der Waals surface area contributed by atoms with Crippen molar-refractivity contribution in [2.75, 3.05) is 5.32 Å². The fraction of sp³-hybridized carbons (Fsp3) is 0.429. The largest absolute Gasteiger partial charge is 0.505 e. The predicted octanol–water partition coefficient (Wildman–Crippen LogP) is 3.38. The number of rotatable bonds is 3. The van der Waals surface area contributed by atoms with Gasteiger partial charge in [0.1, 0.15) is 0 Å². The summed E-state index contributed by atoms with van der Waals surface area (Å²) in [4.78, 5) is 23.5. The minimum atomic E-state index is -0.957. The van der Waals surface area contributed by atoms with E-state index in [4.69, 9.17) is 23.2 Å². The second-order valence-corrected chi connectivity index (χ2v) is 6.22. The van der Waals surface area contributed by atoms with Crippen LogP contribution in [0.25, 0.3) is 0 Å². The molecule has 3 unspecified atom stereocenters. The Morgan fingerprint density at radius 3 is 2.24 bits per heavy atom. The van der Waals surface area contributed by atoms with Crippen molar-refractivity contribution < 1.29 is 19.8 Å². The van der Waals surface area contributed by atoms with Crippen LogP contribution >= 0.6 is 23.2 Å². The van der Waals surface area contributed by atoms with E-state index in [1.807, 2.05) is 6.92 Å². The number of aliphatic carboxylic acids is 1. The number of carboxylic acid groups (broad SMARTS) is 1. The van der Waals surface area contributed by atoms with E-state index in [9.17, 15) is 19.8 Å². The van der Waals surface area contributed by atoms with Gasteiger partial charge in [0.15, 0.2) is 5.75 Å². The third kappa shape index (κ3) is 3.41. The second kappa shape index (κ2) is 6.12. The Balaban J connectivity index is 2.16. The Labute approximate surface area is 131 Å². The van der Waals surface area contributed by atoms with Gasteiger partial charge in [-0.1, -0.05) is 30.1 Å². The highest BCUT2D eigenvalue weighted by molar-refractivity contribution is 6.37.